The van der Waals surface area contributed by atoms with Crippen LogP contribution < -0.4 is 0 Å². The van der Waals surface area contributed by atoms with Gasteiger partial charge < -0.3 is 0 Å². The van der Waals surface area contributed by atoms with Crippen molar-refractivity contribution in [3.8, 4) is 0 Å². The molecule has 0 unspecified atom stereocenters. The van der Waals surface area contributed by atoms with Crippen molar-refractivity contribution < 1.29 is 13.2 Å². The number of hydrogen-bond acceptors (Lipinski definition) is 3. The van der Waals surface area contributed by atoms with Gasteiger partial charge in [-0.1, -0.05) is 11.8 Å². The van der Waals surface area contributed by atoms with Gasteiger partial charge in [-0.2, -0.15) is 18.3 Å². The van der Waals surface area contributed by atoms with E-state index >= 15 is 0 Å². The summed E-state index contributed by atoms with van der Waals surface area (Å²) in [7, 11) is 0. The van der Waals surface area contributed by atoms with Crippen LogP contribution in [0.25, 0.3) is 0 Å². The molecule has 1 aromatic carbocycles. The first kappa shape index (κ1) is 11.0. The maximum Gasteiger partial charge on any atom is 0.416 e. The van der Waals surface area contributed by atoms with Gasteiger partial charge in [-0.25, -0.2) is 4.98 Å². The number of alkyl halides is 3. The summed E-state index contributed by atoms with van der Waals surface area (Å²) in [6.07, 6.45) is -2.96. The maximum atomic E-state index is 12.3. The average molecular weight is 245 g/mol. The number of hydrogen-bond donors (Lipinski definition) is 1. The molecular weight excluding hydrogens is 239 g/mol. The molecule has 0 aliphatic carbocycles. The van der Waals surface area contributed by atoms with E-state index in [1.807, 2.05) is 0 Å². The van der Waals surface area contributed by atoms with Gasteiger partial charge in [-0.15, -0.1) is 0 Å². The Hall–Kier alpha value is -1.50. The fraction of sp³-hybridized carbons (Fsp3) is 0.111. The summed E-state index contributed by atoms with van der Waals surface area (Å²) in [6.45, 7) is 0. The Balaban J connectivity index is 2.14. The average Bonchev–Trinajstić information content (AvgIpc) is 2.70. The monoisotopic (exact) mass is 245 g/mol. The molecule has 3 nitrogen and oxygen atoms in total. The van der Waals surface area contributed by atoms with E-state index in [4.69, 9.17) is 0 Å². The van der Waals surface area contributed by atoms with Crippen LogP contribution in [0.3, 0.4) is 0 Å². The Morgan fingerprint density at radius 1 is 1.12 bits per heavy atom. The van der Waals surface area contributed by atoms with Gasteiger partial charge in [0.05, 0.1) is 5.56 Å². The van der Waals surface area contributed by atoms with Crippen molar-refractivity contribution in [3.63, 3.8) is 0 Å². The van der Waals surface area contributed by atoms with Crippen LogP contribution >= 0.6 is 11.8 Å². The Labute approximate surface area is 93.1 Å². The second-order valence-electron chi connectivity index (χ2n) is 2.91. The Bertz CT molecular complexity index is 450. The highest BCUT2D eigenvalue weighted by atomic mass is 32.2. The SMILES string of the molecule is FC(F)(F)c1ccc(Sc2ncn[nH]2)cc1. The molecule has 0 amide bonds. The lowest BCUT2D eigenvalue weighted by Gasteiger charge is -2.06. The van der Waals surface area contributed by atoms with Crippen molar-refractivity contribution in [3.05, 3.63) is 36.2 Å². The largest absolute Gasteiger partial charge is 0.416 e. The van der Waals surface area contributed by atoms with Gasteiger partial charge in [0.15, 0.2) is 5.16 Å². The standard InChI is InChI=1S/C9H6F3N3S/c10-9(11,12)6-1-3-7(4-2-6)16-8-13-5-14-15-8/h1-5H,(H,13,14,15). The normalized spacial score (nSPS) is 11.7. The van der Waals surface area contributed by atoms with E-state index in [1.165, 1.54) is 30.2 Å². The molecule has 0 spiro atoms. The molecule has 0 bridgehead atoms. The van der Waals surface area contributed by atoms with Crippen LogP contribution in [0.15, 0.2) is 40.6 Å². The van der Waals surface area contributed by atoms with Crippen LogP contribution in [0.5, 0.6) is 0 Å². The summed E-state index contributed by atoms with van der Waals surface area (Å²) >= 11 is 1.22. The lowest BCUT2D eigenvalue weighted by atomic mass is 10.2. The zero-order valence-electron chi connectivity index (χ0n) is 7.82. The summed E-state index contributed by atoms with van der Waals surface area (Å²) in [5.41, 5.74) is -0.658. The predicted octanol–water partition coefficient (Wildman–Crippen LogP) is 2.97. The Kier molecular flexibility index (Phi) is 2.86. The lowest BCUT2D eigenvalue weighted by molar-refractivity contribution is -0.137. The third-order valence-electron chi connectivity index (χ3n) is 1.79. The van der Waals surface area contributed by atoms with Gasteiger partial charge in [0, 0.05) is 4.90 Å². The van der Waals surface area contributed by atoms with Crippen LogP contribution in [-0.2, 0) is 6.18 Å². The van der Waals surface area contributed by atoms with Crippen molar-refractivity contribution in [2.24, 2.45) is 0 Å². The number of H-pyrrole nitrogens is 1. The fourth-order valence-corrected chi connectivity index (χ4v) is 1.76. The van der Waals surface area contributed by atoms with Gasteiger partial charge in [-0.3, -0.25) is 5.10 Å². The molecule has 16 heavy (non-hydrogen) atoms. The molecule has 2 aromatic rings. The zero-order chi connectivity index (χ0) is 11.6. The van der Waals surface area contributed by atoms with E-state index in [0.29, 0.717) is 10.1 Å². The van der Waals surface area contributed by atoms with Crippen molar-refractivity contribution >= 4 is 11.8 Å². The Morgan fingerprint density at radius 2 is 1.81 bits per heavy atom. The van der Waals surface area contributed by atoms with Crippen LogP contribution in [0.1, 0.15) is 5.56 Å². The second kappa shape index (κ2) is 4.17. The topological polar surface area (TPSA) is 41.6 Å². The third kappa shape index (κ3) is 2.54. The van der Waals surface area contributed by atoms with E-state index in [0.717, 1.165) is 12.1 Å². The molecule has 0 atom stereocenters. The third-order valence-corrected chi connectivity index (χ3v) is 2.69. The molecule has 1 heterocycles. The van der Waals surface area contributed by atoms with Crippen LogP contribution in [0, 0.1) is 0 Å². The minimum Gasteiger partial charge on any atom is -0.254 e. The summed E-state index contributed by atoms with van der Waals surface area (Å²) in [5.74, 6) is 0. The number of benzene rings is 1. The van der Waals surface area contributed by atoms with Gasteiger partial charge >= 0.3 is 6.18 Å². The number of nitrogens with zero attached hydrogens (tertiary/aromatic N) is 2. The highest BCUT2D eigenvalue weighted by Crippen LogP contribution is 2.31. The lowest BCUT2D eigenvalue weighted by Crippen LogP contribution is -2.03. The molecule has 1 aromatic heterocycles. The summed E-state index contributed by atoms with van der Waals surface area (Å²) < 4.78 is 36.8. The highest BCUT2D eigenvalue weighted by Gasteiger charge is 2.29. The van der Waals surface area contributed by atoms with Crippen molar-refractivity contribution in [2.45, 2.75) is 16.2 Å². The number of aromatic nitrogens is 3. The van der Waals surface area contributed by atoms with Gasteiger partial charge in [0.25, 0.3) is 0 Å². The summed E-state index contributed by atoms with van der Waals surface area (Å²) in [5, 5.41) is 6.79. The second-order valence-corrected chi connectivity index (χ2v) is 3.98. The minimum absolute atomic E-state index is 0.541. The van der Waals surface area contributed by atoms with E-state index in [2.05, 4.69) is 15.2 Å². The smallest absolute Gasteiger partial charge is 0.254 e. The molecule has 0 saturated heterocycles. The molecular formula is C9H6F3N3S. The van der Waals surface area contributed by atoms with Gasteiger partial charge in [0.1, 0.15) is 6.33 Å². The molecule has 0 aliphatic rings. The zero-order valence-corrected chi connectivity index (χ0v) is 8.64. The number of aromatic amines is 1. The van der Waals surface area contributed by atoms with Crippen LogP contribution in [-0.4, -0.2) is 15.2 Å². The summed E-state index contributed by atoms with van der Waals surface area (Å²) in [6, 6.07) is 4.88. The first-order valence-corrected chi connectivity index (χ1v) is 5.08. The highest BCUT2D eigenvalue weighted by molar-refractivity contribution is 7.99. The molecule has 0 radical (unpaired) electrons. The number of nitrogens with one attached hydrogen (secondary N) is 1. The maximum absolute atomic E-state index is 12.3. The van der Waals surface area contributed by atoms with Crippen molar-refractivity contribution in [1.29, 1.82) is 0 Å². The predicted molar refractivity (Wildman–Crippen MR) is 51.9 cm³/mol. The van der Waals surface area contributed by atoms with Crippen molar-refractivity contribution in [1.82, 2.24) is 15.2 Å². The molecule has 2 rings (SSSR count). The van der Waals surface area contributed by atoms with E-state index in [1.54, 1.807) is 0 Å². The van der Waals surface area contributed by atoms with Gasteiger partial charge in [0.2, 0.25) is 0 Å². The van der Waals surface area contributed by atoms with E-state index in [-0.39, 0.29) is 0 Å². The minimum atomic E-state index is -4.30. The fourth-order valence-electron chi connectivity index (χ4n) is 1.07. The van der Waals surface area contributed by atoms with Crippen LogP contribution in [0.2, 0.25) is 0 Å². The quantitative estimate of drug-likeness (QED) is 0.884. The number of rotatable bonds is 2. The van der Waals surface area contributed by atoms with Crippen LogP contribution in [0.4, 0.5) is 13.2 Å². The van der Waals surface area contributed by atoms with Crippen molar-refractivity contribution in [2.75, 3.05) is 0 Å². The molecule has 1 N–H and O–H groups in total. The van der Waals surface area contributed by atoms with Gasteiger partial charge in [-0.05, 0) is 24.3 Å². The first-order chi connectivity index (χ1) is 7.55. The Morgan fingerprint density at radius 3 is 2.31 bits per heavy atom. The number of halogens is 3. The first-order valence-electron chi connectivity index (χ1n) is 4.26. The molecule has 0 fully saturated rings. The van der Waals surface area contributed by atoms with E-state index < -0.39 is 11.7 Å². The molecule has 0 saturated carbocycles. The van der Waals surface area contributed by atoms with E-state index in [9.17, 15) is 13.2 Å². The molecule has 84 valence electrons. The summed E-state index contributed by atoms with van der Waals surface area (Å²) in [4.78, 5) is 4.53. The molecule has 0 aliphatic heterocycles. The molecule has 7 heteroatoms.